The van der Waals surface area contributed by atoms with Gasteiger partial charge in [-0.05, 0) is 30.9 Å². The molecule has 0 radical (unpaired) electrons. The summed E-state index contributed by atoms with van der Waals surface area (Å²) in [5, 5.41) is 0. The SMILES string of the molecule is NC(=O)CC1CCN(C(=O)c2ccc(N)cn2)CC1. The minimum absolute atomic E-state index is 0.0856. The minimum atomic E-state index is -0.273. The van der Waals surface area contributed by atoms with Gasteiger partial charge in [-0.1, -0.05) is 0 Å². The van der Waals surface area contributed by atoms with Crippen LogP contribution >= 0.6 is 0 Å². The molecule has 2 amide bonds. The molecular formula is C13H18N4O2. The van der Waals surface area contributed by atoms with Crippen LogP contribution in [-0.4, -0.2) is 34.8 Å². The molecule has 0 aromatic carbocycles. The molecule has 0 spiro atoms. The van der Waals surface area contributed by atoms with Crippen LogP contribution in [0.2, 0.25) is 0 Å². The lowest BCUT2D eigenvalue weighted by Crippen LogP contribution is -2.39. The Bertz CT molecular complexity index is 464. The number of primary amides is 1. The number of piperidine rings is 1. The second-order valence-electron chi connectivity index (χ2n) is 4.88. The number of carbonyl (C=O) groups excluding carboxylic acids is 2. The summed E-state index contributed by atoms with van der Waals surface area (Å²) in [5.74, 6) is -0.0663. The van der Waals surface area contributed by atoms with Gasteiger partial charge in [0.15, 0.2) is 0 Å². The van der Waals surface area contributed by atoms with E-state index >= 15 is 0 Å². The molecule has 1 aliphatic rings. The van der Waals surface area contributed by atoms with Crippen LogP contribution < -0.4 is 11.5 Å². The zero-order valence-electron chi connectivity index (χ0n) is 10.7. The van der Waals surface area contributed by atoms with E-state index < -0.39 is 0 Å². The Kier molecular flexibility index (Phi) is 3.99. The van der Waals surface area contributed by atoms with Crippen molar-refractivity contribution < 1.29 is 9.59 Å². The molecule has 102 valence electrons. The molecule has 1 aromatic rings. The summed E-state index contributed by atoms with van der Waals surface area (Å²) in [6.07, 6.45) is 3.50. The van der Waals surface area contributed by atoms with E-state index in [9.17, 15) is 9.59 Å². The van der Waals surface area contributed by atoms with Crippen LogP contribution in [0.15, 0.2) is 18.3 Å². The van der Waals surface area contributed by atoms with Gasteiger partial charge in [-0.25, -0.2) is 4.98 Å². The van der Waals surface area contributed by atoms with Crippen molar-refractivity contribution in [3.8, 4) is 0 Å². The van der Waals surface area contributed by atoms with Crippen molar-refractivity contribution >= 4 is 17.5 Å². The molecule has 2 rings (SSSR count). The first-order valence-electron chi connectivity index (χ1n) is 6.35. The van der Waals surface area contributed by atoms with Gasteiger partial charge in [0.2, 0.25) is 5.91 Å². The van der Waals surface area contributed by atoms with Gasteiger partial charge >= 0.3 is 0 Å². The summed E-state index contributed by atoms with van der Waals surface area (Å²) in [7, 11) is 0. The number of nitrogen functional groups attached to an aromatic ring is 1. The molecule has 6 heteroatoms. The third-order valence-electron chi connectivity index (χ3n) is 3.40. The highest BCUT2D eigenvalue weighted by atomic mass is 16.2. The van der Waals surface area contributed by atoms with Gasteiger partial charge in [0, 0.05) is 19.5 Å². The van der Waals surface area contributed by atoms with Crippen molar-refractivity contribution in [2.45, 2.75) is 19.3 Å². The Morgan fingerprint density at radius 2 is 2.00 bits per heavy atom. The van der Waals surface area contributed by atoms with E-state index in [2.05, 4.69) is 4.98 Å². The van der Waals surface area contributed by atoms with E-state index in [4.69, 9.17) is 11.5 Å². The first-order valence-corrected chi connectivity index (χ1v) is 6.35. The Morgan fingerprint density at radius 1 is 1.32 bits per heavy atom. The van der Waals surface area contributed by atoms with Crippen molar-refractivity contribution in [2.24, 2.45) is 11.7 Å². The fraction of sp³-hybridized carbons (Fsp3) is 0.462. The quantitative estimate of drug-likeness (QED) is 0.822. The Hall–Kier alpha value is -2.11. The van der Waals surface area contributed by atoms with Crippen LogP contribution in [0.3, 0.4) is 0 Å². The van der Waals surface area contributed by atoms with Crippen molar-refractivity contribution in [3.63, 3.8) is 0 Å². The predicted molar refractivity (Wildman–Crippen MR) is 71.1 cm³/mol. The van der Waals surface area contributed by atoms with E-state index in [0.717, 1.165) is 12.8 Å². The molecule has 1 aliphatic heterocycles. The smallest absolute Gasteiger partial charge is 0.272 e. The van der Waals surface area contributed by atoms with Gasteiger partial charge in [-0.3, -0.25) is 9.59 Å². The topological polar surface area (TPSA) is 102 Å². The van der Waals surface area contributed by atoms with Crippen LogP contribution in [0, 0.1) is 5.92 Å². The molecule has 2 heterocycles. The number of hydrogen-bond acceptors (Lipinski definition) is 4. The standard InChI is InChI=1S/C13H18N4O2/c14-10-1-2-11(16-8-10)13(19)17-5-3-9(4-6-17)7-12(15)18/h1-2,8-9H,3-7,14H2,(H2,15,18). The minimum Gasteiger partial charge on any atom is -0.397 e. The van der Waals surface area contributed by atoms with Gasteiger partial charge in [0.1, 0.15) is 5.69 Å². The molecule has 1 saturated heterocycles. The fourth-order valence-electron chi connectivity index (χ4n) is 2.32. The number of amides is 2. The van der Waals surface area contributed by atoms with Gasteiger partial charge in [0.25, 0.3) is 5.91 Å². The lowest BCUT2D eigenvalue weighted by molar-refractivity contribution is -0.119. The van der Waals surface area contributed by atoms with Gasteiger partial charge in [0.05, 0.1) is 11.9 Å². The number of pyridine rings is 1. The summed E-state index contributed by atoms with van der Waals surface area (Å²) < 4.78 is 0. The average Bonchev–Trinajstić information content (AvgIpc) is 2.39. The molecule has 19 heavy (non-hydrogen) atoms. The molecular weight excluding hydrogens is 244 g/mol. The summed E-state index contributed by atoms with van der Waals surface area (Å²) in [5.41, 5.74) is 11.7. The van der Waals surface area contributed by atoms with E-state index in [-0.39, 0.29) is 11.8 Å². The second-order valence-corrected chi connectivity index (χ2v) is 4.88. The first-order chi connectivity index (χ1) is 9.06. The summed E-state index contributed by atoms with van der Waals surface area (Å²) in [4.78, 5) is 28.8. The van der Waals surface area contributed by atoms with E-state index in [1.54, 1.807) is 17.0 Å². The number of nitrogens with zero attached hydrogens (tertiary/aromatic N) is 2. The Labute approximate surface area is 111 Å². The number of likely N-dealkylation sites (tertiary alicyclic amines) is 1. The zero-order chi connectivity index (χ0) is 13.8. The molecule has 6 nitrogen and oxygen atoms in total. The molecule has 0 aliphatic carbocycles. The molecule has 4 N–H and O–H groups in total. The number of anilines is 1. The average molecular weight is 262 g/mol. The Morgan fingerprint density at radius 3 is 2.53 bits per heavy atom. The summed E-state index contributed by atoms with van der Waals surface area (Å²) in [6.45, 7) is 1.28. The highest BCUT2D eigenvalue weighted by molar-refractivity contribution is 5.92. The lowest BCUT2D eigenvalue weighted by atomic mass is 9.93. The number of nitrogens with two attached hydrogens (primary N) is 2. The van der Waals surface area contributed by atoms with Crippen molar-refractivity contribution in [3.05, 3.63) is 24.0 Å². The third-order valence-corrected chi connectivity index (χ3v) is 3.40. The van der Waals surface area contributed by atoms with Crippen LogP contribution in [-0.2, 0) is 4.79 Å². The van der Waals surface area contributed by atoms with Crippen LogP contribution in [0.1, 0.15) is 29.8 Å². The fourth-order valence-corrected chi connectivity index (χ4v) is 2.32. The normalized spacial score (nSPS) is 16.3. The van der Waals surface area contributed by atoms with E-state index in [1.807, 2.05) is 0 Å². The maximum atomic E-state index is 12.2. The highest BCUT2D eigenvalue weighted by Crippen LogP contribution is 2.21. The first kappa shape index (κ1) is 13.3. The van der Waals surface area contributed by atoms with Crippen molar-refractivity contribution in [1.29, 1.82) is 0 Å². The van der Waals surface area contributed by atoms with E-state index in [1.165, 1.54) is 6.20 Å². The van der Waals surface area contributed by atoms with Crippen LogP contribution in [0.25, 0.3) is 0 Å². The molecule has 1 aromatic heterocycles. The molecule has 0 atom stereocenters. The van der Waals surface area contributed by atoms with Gasteiger partial charge in [-0.2, -0.15) is 0 Å². The van der Waals surface area contributed by atoms with Gasteiger partial charge in [-0.15, -0.1) is 0 Å². The highest BCUT2D eigenvalue weighted by Gasteiger charge is 2.24. The third kappa shape index (κ3) is 3.43. The van der Waals surface area contributed by atoms with E-state index in [0.29, 0.717) is 36.8 Å². The maximum absolute atomic E-state index is 12.2. The summed E-state index contributed by atoms with van der Waals surface area (Å²) >= 11 is 0. The maximum Gasteiger partial charge on any atom is 0.272 e. The monoisotopic (exact) mass is 262 g/mol. The number of rotatable bonds is 3. The zero-order valence-corrected chi connectivity index (χ0v) is 10.7. The Balaban J connectivity index is 1.92. The predicted octanol–water partition coefficient (Wildman–Crippen LogP) is 0.391. The number of hydrogen-bond donors (Lipinski definition) is 2. The second kappa shape index (κ2) is 5.69. The van der Waals surface area contributed by atoms with Crippen molar-refractivity contribution in [2.75, 3.05) is 18.8 Å². The van der Waals surface area contributed by atoms with Gasteiger partial charge < -0.3 is 16.4 Å². The molecule has 0 bridgehead atoms. The number of carbonyl (C=O) groups is 2. The van der Waals surface area contributed by atoms with Crippen LogP contribution in [0.5, 0.6) is 0 Å². The number of aromatic nitrogens is 1. The van der Waals surface area contributed by atoms with Crippen LogP contribution in [0.4, 0.5) is 5.69 Å². The lowest BCUT2D eigenvalue weighted by Gasteiger charge is -2.31. The summed E-state index contributed by atoms with van der Waals surface area (Å²) in [6, 6.07) is 3.30. The largest absolute Gasteiger partial charge is 0.397 e. The van der Waals surface area contributed by atoms with Crippen molar-refractivity contribution in [1.82, 2.24) is 9.88 Å². The molecule has 1 fully saturated rings. The molecule has 0 saturated carbocycles. The molecule has 0 unspecified atom stereocenters.